The topological polar surface area (TPSA) is 92.7 Å². The first-order chi connectivity index (χ1) is 9.44. The number of amides is 1. The smallest absolute Gasteiger partial charge is 0.409 e. The number of ether oxygens (including phenoxy) is 1. The zero-order chi connectivity index (χ0) is 16.4. The molecule has 0 spiro atoms. The monoisotopic (exact) mass is 315 g/mol. The van der Waals surface area contributed by atoms with E-state index in [9.17, 15) is 13.2 Å². The lowest BCUT2D eigenvalue weighted by molar-refractivity contribution is 0.209. The number of hydrogen-bond donors (Lipinski definition) is 2. The highest BCUT2D eigenvalue weighted by Crippen LogP contribution is 2.36. The van der Waals surface area contributed by atoms with E-state index in [0.717, 1.165) is 11.8 Å². The van der Waals surface area contributed by atoms with Crippen LogP contribution in [0.4, 0.5) is 10.5 Å². The molecular formula is C14H21NO5S. The summed E-state index contributed by atoms with van der Waals surface area (Å²) in [4.78, 5) is 10.9. The van der Waals surface area contributed by atoms with Crippen LogP contribution in [-0.2, 0) is 21.0 Å². The highest BCUT2D eigenvalue weighted by atomic mass is 32.2. The molecule has 2 N–H and O–H groups in total. The van der Waals surface area contributed by atoms with Crippen molar-refractivity contribution in [1.29, 1.82) is 0 Å². The minimum absolute atomic E-state index is 0.214. The molecular weight excluding hydrogens is 294 g/mol. The molecule has 0 saturated heterocycles. The van der Waals surface area contributed by atoms with Crippen LogP contribution in [0.1, 0.15) is 31.9 Å². The lowest BCUT2D eigenvalue weighted by Crippen LogP contribution is -2.16. The number of nitrogens with one attached hydrogen (secondary N) is 1. The van der Waals surface area contributed by atoms with Crippen LogP contribution in [0.3, 0.4) is 0 Å². The Balaban J connectivity index is 3.55. The van der Waals surface area contributed by atoms with Crippen molar-refractivity contribution < 1.29 is 23.1 Å². The van der Waals surface area contributed by atoms with Crippen molar-refractivity contribution in [2.75, 3.05) is 18.7 Å². The number of carboxylic acid groups (broad SMARTS) is 1. The third-order valence-electron chi connectivity index (χ3n) is 2.90. The number of sulfone groups is 1. The quantitative estimate of drug-likeness (QED) is 0.891. The van der Waals surface area contributed by atoms with Gasteiger partial charge in [0.1, 0.15) is 5.75 Å². The SMILES string of the molecule is COc1c(CS(C)(=O)=O)cc(C(C)(C)C)cc1NC(=O)O. The zero-order valence-electron chi connectivity index (χ0n) is 12.9. The molecule has 0 bridgehead atoms. The van der Waals surface area contributed by atoms with Crippen LogP contribution >= 0.6 is 0 Å². The van der Waals surface area contributed by atoms with Gasteiger partial charge in [-0.3, -0.25) is 5.32 Å². The van der Waals surface area contributed by atoms with E-state index >= 15 is 0 Å². The standard InChI is InChI=1S/C14H21NO5S/c1-14(2,3)10-6-9(8-21(5,18)19)12(20-4)11(7-10)15-13(16)17/h6-7,15H,8H2,1-5H3,(H,16,17). The van der Waals surface area contributed by atoms with Crippen molar-refractivity contribution in [3.63, 3.8) is 0 Å². The molecule has 0 heterocycles. The Morgan fingerprint density at radius 3 is 2.29 bits per heavy atom. The van der Waals surface area contributed by atoms with Gasteiger partial charge in [0.15, 0.2) is 9.84 Å². The third-order valence-corrected chi connectivity index (χ3v) is 3.73. The molecule has 0 aliphatic carbocycles. The molecule has 1 amide bonds. The summed E-state index contributed by atoms with van der Waals surface area (Å²) in [5.41, 5.74) is 1.26. The predicted octanol–water partition coefficient (Wildman–Crippen LogP) is 2.63. The fourth-order valence-corrected chi connectivity index (χ4v) is 2.74. The average molecular weight is 315 g/mol. The summed E-state index contributed by atoms with van der Waals surface area (Å²) in [6.45, 7) is 5.89. The maximum Gasteiger partial charge on any atom is 0.409 e. The van der Waals surface area contributed by atoms with Crippen LogP contribution in [0.2, 0.25) is 0 Å². The van der Waals surface area contributed by atoms with Crippen LogP contribution < -0.4 is 10.1 Å². The van der Waals surface area contributed by atoms with Crippen molar-refractivity contribution in [3.8, 4) is 5.75 Å². The molecule has 6 nitrogen and oxygen atoms in total. The second-order valence-electron chi connectivity index (χ2n) is 5.97. The van der Waals surface area contributed by atoms with Gasteiger partial charge in [0.05, 0.1) is 18.6 Å². The molecule has 1 aromatic rings. The van der Waals surface area contributed by atoms with Gasteiger partial charge in [-0.2, -0.15) is 0 Å². The normalized spacial score (nSPS) is 12.0. The number of anilines is 1. The molecule has 0 unspecified atom stereocenters. The molecule has 0 aromatic heterocycles. The first-order valence-electron chi connectivity index (χ1n) is 6.33. The molecule has 21 heavy (non-hydrogen) atoms. The van der Waals surface area contributed by atoms with E-state index in [4.69, 9.17) is 9.84 Å². The summed E-state index contributed by atoms with van der Waals surface area (Å²) in [7, 11) is -1.89. The maximum atomic E-state index is 11.6. The Hall–Kier alpha value is -1.76. The summed E-state index contributed by atoms with van der Waals surface area (Å²) in [6, 6.07) is 3.41. The van der Waals surface area contributed by atoms with Gasteiger partial charge >= 0.3 is 6.09 Å². The number of carbonyl (C=O) groups is 1. The van der Waals surface area contributed by atoms with Crippen LogP contribution in [0.5, 0.6) is 5.75 Å². The molecule has 7 heteroatoms. The summed E-state index contributed by atoms with van der Waals surface area (Å²) >= 11 is 0. The zero-order valence-corrected chi connectivity index (χ0v) is 13.7. The summed E-state index contributed by atoms with van der Waals surface area (Å²) in [6.07, 6.45) is -0.106. The van der Waals surface area contributed by atoms with Gasteiger partial charge in [0.2, 0.25) is 0 Å². The van der Waals surface area contributed by atoms with E-state index in [1.54, 1.807) is 12.1 Å². The number of hydrogen-bond acceptors (Lipinski definition) is 4. The van der Waals surface area contributed by atoms with Crippen LogP contribution in [-0.4, -0.2) is 33.0 Å². The molecule has 118 valence electrons. The largest absolute Gasteiger partial charge is 0.494 e. The van der Waals surface area contributed by atoms with Crippen molar-refractivity contribution in [2.45, 2.75) is 31.9 Å². The fraction of sp³-hybridized carbons (Fsp3) is 0.500. The summed E-state index contributed by atoms with van der Waals surface area (Å²) < 4.78 is 28.3. The Morgan fingerprint density at radius 1 is 1.33 bits per heavy atom. The van der Waals surface area contributed by atoms with Gasteiger partial charge in [-0.1, -0.05) is 26.8 Å². The van der Waals surface area contributed by atoms with E-state index in [-0.39, 0.29) is 22.6 Å². The van der Waals surface area contributed by atoms with E-state index in [1.807, 2.05) is 20.8 Å². The van der Waals surface area contributed by atoms with Gasteiger partial charge in [0, 0.05) is 11.8 Å². The van der Waals surface area contributed by atoms with E-state index in [0.29, 0.717) is 5.56 Å². The van der Waals surface area contributed by atoms with Crippen molar-refractivity contribution in [2.24, 2.45) is 0 Å². The Labute approximate surface area is 125 Å². The van der Waals surface area contributed by atoms with Gasteiger partial charge in [-0.25, -0.2) is 13.2 Å². The highest BCUT2D eigenvalue weighted by molar-refractivity contribution is 7.89. The Kier molecular flexibility index (Phi) is 4.88. The second-order valence-corrected chi connectivity index (χ2v) is 8.11. The van der Waals surface area contributed by atoms with E-state index in [1.165, 1.54) is 7.11 Å². The molecule has 0 aliphatic rings. The minimum Gasteiger partial charge on any atom is -0.494 e. The highest BCUT2D eigenvalue weighted by Gasteiger charge is 2.22. The first-order valence-corrected chi connectivity index (χ1v) is 8.39. The predicted molar refractivity (Wildman–Crippen MR) is 81.9 cm³/mol. The number of benzene rings is 1. The Bertz CT molecular complexity index is 644. The van der Waals surface area contributed by atoms with E-state index < -0.39 is 15.9 Å². The number of methoxy groups -OCH3 is 1. The van der Waals surface area contributed by atoms with Gasteiger partial charge in [0.25, 0.3) is 0 Å². The molecule has 1 rings (SSSR count). The molecule has 0 radical (unpaired) electrons. The van der Waals surface area contributed by atoms with Gasteiger partial charge in [-0.05, 0) is 17.0 Å². The van der Waals surface area contributed by atoms with Crippen molar-refractivity contribution in [1.82, 2.24) is 0 Å². The Morgan fingerprint density at radius 2 is 1.90 bits per heavy atom. The van der Waals surface area contributed by atoms with Crippen LogP contribution in [0, 0.1) is 0 Å². The second kappa shape index (κ2) is 5.93. The van der Waals surface area contributed by atoms with Crippen LogP contribution in [0.15, 0.2) is 12.1 Å². The lowest BCUT2D eigenvalue weighted by atomic mass is 9.85. The van der Waals surface area contributed by atoms with Gasteiger partial charge < -0.3 is 9.84 Å². The lowest BCUT2D eigenvalue weighted by Gasteiger charge is -2.23. The molecule has 0 atom stereocenters. The molecule has 0 fully saturated rings. The first kappa shape index (κ1) is 17.3. The van der Waals surface area contributed by atoms with E-state index in [2.05, 4.69) is 5.32 Å². The summed E-state index contributed by atoms with van der Waals surface area (Å²) in [5.74, 6) is 0.0183. The molecule has 1 aromatic carbocycles. The van der Waals surface area contributed by atoms with Crippen molar-refractivity contribution >= 4 is 21.6 Å². The average Bonchev–Trinajstić information content (AvgIpc) is 2.24. The van der Waals surface area contributed by atoms with Crippen molar-refractivity contribution in [3.05, 3.63) is 23.3 Å². The molecule has 0 saturated carbocycles. The minimum atomic E-state index is -3.27. The van der Waals surface area contributed by atoms with Gasteiger partial charge in [-0.15, -0.1) is 0 Å². The van der Waals surface area contributed by atoms with Crippen LogP contribution in [0.25, 0.3) is 0 Å². The third kappa shape index (κ3) is 4.93. The number of rotatable bonds is 4. The molecule has 0 aliphatic heterocycles. The fourth-order valence-electron chi connectivity index (χ4n) is 1.96. The summed E-state index contributed by atoms with van der Waals surface area (Å²) in [5, 5.41) is 11.2. The maximum absolute atomic E-state index is 11.6.